The van der Waals surface area contributed by atoms with E-state index in [0.717, 1.165) is 25.0 Å². The molecular weight excluding hydrogens is 260 g/mol. The van der Waals surface area contributed by atoms with Crippen LogP contribution in [0.4, 0.5) is 0 Å². The van der Waals surface area contributed by atoms with Crippen LogP contribution in [0.15, 0.2) is 16.9 Å². The molecule has 0 unspecified atom stereocenters. The molecule has 0 radical (unpaired) electrons. The minimum absolute atomic E-state index is 0.0837. The van der Waals surface area contributed by atoms with Crippen molar-refractivity contribution in [2.45, 2.75) is 32.8 Å². The zero-order valence-electron chi connectivity index (χ0n) is 11.8. The molecule has 1 atom stereocenters. The Bertz CT molecular complexity index is 532. The van der Waals surface area contributed by atoms with Gasteiger partial charge in [0.25, 0.3) is 11.5 Å². The quantitative estimate of drug-likeness (QED) is 0.863. The van der Waals surface area contributed by atoms with Crippen LogP contribution in [-0.2, 0) is 14.3 Å². The summed E-state index contributed by atoms with van der Waals surface area (Å²) in [6, 6.07) is 3.30. The molecule has 6 nitrogen and oxygen atoms in total. The summed E-state index contributed by atoms with van der Waals surface area (Å²) in [6.45, 7) is 4.69. The van der Waals surface area contributed by atoms with Crippen molar-refractivity contribution >= 4 is 5.91 Å². The van der Waals surface area contributed by atoms with Gasteiger partial charge in [-0.25, -0.2) is 4.68 Å². The average molecular weight is 280 g/mol. The first-order chi connectivity index (χ1) is 9.56. The molecule has 1 aliphatic rings. The molecule has 1 fully saturated rings. The average Bonchev–Trinajstić information content (AvgIpc) is 2.87. The summed E-state index contributed by atoms with van der Waals surface area (Å²) in [4.78, 5) is 23.5. The number of amides is 1. The summed E-state index contributed by atoms with van der Waals surface area (Å²) < 4.78 is 11.9. The molecule has 0 spiro atoms. The molecule has 1 aliphatic heterocycles. The van der Waals surface area contributed by atoms with Crippen LogP contribution in [0.1, 0.15) is 24.1 Å². The maximum Gasteiger partial charge on any atom is 0.269 e. The number of ether oxygens (including phenoxy) is 2. The Morgan fingerprint density at radius 1 is 1.50 bits per heavy atom. The van der Waals surface area contributed by atoms with E-state index in [1.807, 2.05) is 13.0 Å². The molecule has 6 heteroatoms. The Balaban J connectivity index is 1.83. The van der Waals surface area contributed by atoms with Crippen molar-refractivity contribution in [3.8, 4) is 0 Å². The second-order valence-corrected chi connectivity index (χ2v) is 5.03. The number of aromatic nitrogens is 1. The monoisotopic (exact) mass is 280 g/mol. The molecule has 0 saturated carbocycles. The molecule has 2 heterocycles. The molecule has 1 amide bonds. The van der Waals surface area contributed by atoms with Gasteiger partial charge in [0.2, 0.25) is 0 Å². The van der Waals surface area contributed by atoms with E-state index in [4.69, 9.17) is 9.47 Å². The Hall–Kier alpha value is -1.66. The molecule has 1 saturated heterocycles. The van der Waals surface area contributed by atoms with E-state index >= 15 is 0 Å². The van der Waals surface area contributed by atoms with Crippen LogP contribution in [0.25, 0.3) is 0 Å². The fourth-order valence-electron chi connectivity index (χ4n) is 2.23. The molecule has 110 valence electrons. The normalized spacial score (nSPS) is 18.2. The third-order valence-corrected chi connectivity index (χ3v) is 3.16. The van der Waals surface area contributed by atoms with Gasteiger partial charge in [0.15, 0.2) is 0 Å². The van der Waals surface area contributed by atoms with Crippen LogP contribution in [0.5, 0.6) is 0 Å². The summed E-state index contributed by atoms with van der Waals surface area (Å²) >= 11 is 0. The minimum atomic E-state index is -0.350. The highest BCUT2D eigenvalue weighted by Crippen LogP contribution is 2.11. The SMILES string of the molecule is Cc1cc(C)n(NC(=O)COC[C@@H]2CCCO2)c(=O)c1. The van der Waals surface area contributed by atoms with Gasteiger partial charge < -0.3 is 9.47 Å². The van der Waals surface area contributed by atoms with Gasteiger partial charge >= 0.3 is 0 Å². The van der Waals surface area contributed by atoms with Crippen LogP contribution >= 0.6 is 0 Å². The highest BCUT2D eigenvalue weighted by Gasteiger charge is 2.16. The summed E-state index contributed by atoms with van der Waals surface area (Å²) in [6.07, 6.45) is 2.10. The zero-order valence-corrected chi connectivity index (χ0v) is 11.8. The van der Waals surface area contributed by atoms with Gasteiger partial charge in [0.1, 0.15) is 6.61 Å². The number of nitrogens with zero attached hydrogens (tertiary/aromatic N) is 1. The van der Waals surface area contributed by atoms with Crippen molar-refractivity contribution < 1.29 is 14.3 Å². The lowest BCUT2D eigenvalue weighted by Gasteiger charge is -2.13. The molecule has 1 aromatic heterocycles. The second-order valence-electron chi connectivity index (χ2n) is 5.03. The molecule has 0 aromatic carbocycles. The molecule has 1 aromatic rings. The lowest BCUT2D eigenvalue weighted by molar-refractivity contribution is -0.122. The Morgan fingerprint density at radius 3 is 2.95 bits per heavy atom. The highest BCUT2D eigenvalue weighted by molar-refractivity contribution is 5.84. The third-order valence-electron chi connectivity index (χ3n) is 3.16. The van der Waals surface area contributed by atoms with Crippen molar-refractivity contribution in [1.82, 2.24) is 4.68 Å². The molecule has 1 N–H and O–H groups in total. The van der Waals surface area contributed by atoms with Gasteiger partial charge in [0, 0.05) is 18.4 Å². The summed E-state index contributed by atoms with van der Waals surface area (Å²) in [5.41, 5.74) is 3.83. The van der Waals surface area contributed by atoms with Gasteiger partial charge in [0.05, 0.1) is 12.7 Å². The van der Waals surface area contributed by atoms with Crippen LogP contribution in [0.2, 0.25) is 0 Å². The predicted molar refractivity (Wildman–Crippen MR) is 74.3 cm³/mol. The first-order valence-electron chi connectivity index (χ1n) is 6.76. The maximum absolute atomic E-state index is 11.8. The van der Waals surface area contributed by atoms with E-state index in [1.54, 1.807) is 6.92 Å². The first kappa shape index (κ1) is 14.7. The largest absolute Gasteiger partial charge is 0.376 e. The van der Waals surface area contributed by atoms with Crippen molar-refractivity contribution in [3.63, 3.8) is 0 Å². The van der Waals surface area contributed by atoms with E-state index in [0.29, 0.717) is 12.3 Å². The van der Waals surface area contributed by atoms with Gasteiger partial charge in [-0.05, 0) is 38.3 Å². The maximum atomic E-state index is 11.8. The number of rotatable bonds is 5. The van der Waals surface area contributed by atoms with E-state index in [2.05, 4.69) is 5.43 Å². The topological polar surface area (TPSA) is 69.6 Å². The van der Waals surface area contributed by atoms with E-state index < -0.39 is 0 Å². The smallest absolute Gasteiger partial charge is 0.269 e. The minimum Gasteiger partial charge on any atom is -0.376 e. The molecule has 20 heavy (non-hydrogen) atoms. The number of aryl methyl sites for hydroxylation is 2. The number of carbonyl (C=O) groups is 1. The van der Waals surface area contributed by atoms with E-state index in [-0.39, 0.29) is 24.2 Å². The molecule has 2 rings (SSSR count). The van der Waals surface area contributed by atoms with Crippen LogP contribution in [-0.4, -0.2) is 36.5 Å². The predicted octanol–water partition coefficient (Wildman–Crippen LogP) is 0.731. The molecular formula is C14H20N2O4. The lowest BCUT2D eigenvalue weighted by atomic mass is 10.2. The fourth-order valence-corrected chi connectivity index (χ4v) is 2.23. The van der Waals surface area contributed by atoms with E-state index in [1.165, 1.54) is 10.7 Å². The van der Waals surface area contributed by atoms with Crippen LogP contribution in [0.3, 0.4) is 0 Å². The van der Waals surface area contributed by atoms with Gasteiger partial charge in [-0.1, -0.05) is 0 Å². The van der Waals surface area contributed by atoms with Crippen molar-refractivity contribution in [2.24, 2.45) is 0 Å². The number of pyridine rings is 1. The van der Waals surface area contributed by atoms with Crippen molar-refractivity contribution in [2.75, 3.05) is 25.2 Å². The molecule has 0 bridgehead atoms. The van der Waals surface area contributed by atoms with Crippen LogP contribution < -0.4 is 11.0 Å². The molecule has 0 aliphatic carbocycles. The number of nitrogens with one attached hydrogen (secondary N) is 1. The summed E-state index contributed by atoms with van der Waals surface area (Å²) in [5, 5.41) is 0. The fraction of sp³-hybridized carbons (Fsp3) is 0.571. The zero-order chi connectivity index (χ0) is 14.5. The second kappa shape index (κ2) is 6.67. The standard InChI is InChI=1S/C14H20N2O4/c1-10-6-11(2)16(14(18)7-10)15-13(17)9-19-8-12-4-3-5-20-12/h6-7,12H,3-5,8-9H2,1-2H3,(H,15,17)/t12-/m0/s1. The number of hydrogen-bond acceptors (Lipinski definition) is 4. The Kier molecular flexibility index (Phi) is 4.92. The number of carbonyl (C=O) groups excluding carboxylic acids is 1. The van der Waals surface area contributed by atoms with Crippen molar-refractivity contribution in [3.05, 3.63) is 33.7 Å². The summed E-state index contributed by atoms with van der Waals surface area (Å²) in [5.74, 6) is -0.350. The Morgan fingerprint density at radius 2 is 2.30 bits per heavy atom. The number of hydrogen-bond donors (Lipinski definition) is 1. The first-order valence-corrected chi connectivity index (χ1v) is 6.76. The van der Waals surface area contributed by atoms with Gasteiger partial charge in [-0.2, -0.15) is 0 Å². The van der Waals surface area contributed by atoms with Gasteiger partial charge in [-0.3, -0.25) is 15.0 Å². The van der Waals surface area contributed by atoms with Crippen molar-refractivity contribution in [1.29, 1.82) is 0 Å². The lowest BCUT2D eigenvalue weighted by Crippen LogP contribution is -2.36. The van der Waals surface area contributed by atoms with E-state index in [9.17, 15) is 9.59 Å². The van der Waals surface area contributed by atoms with Crippen LogP contribution in [0, 0.1) is 13.8 Å². The summed E-state index contributed by atoms with van der Waals surface area (Å²) in [7, 11) is 0. The Labute approximate surface area is 117 Å². The van der Waals surface area contributed by atoms with Gasteiger partial charge in [-0.15, -0.1) is 0 Å². The third kappa shape index (κ3) is 3.91. The highest BCUT2D eigenvalue weighted by atomic mass is 16.5.